The molecule has 0 bridgehead atoms. The standard InChI is InChI=1S/C15H21N.C13H17N.C11H13N.6C2H6/c1-8-9(2)11(4)15-14(10(8)3)12(5)13(6)16(15)7;1-8-9(2)11(4)13-12(10(8)3)6-7-14(13)5;1-8-9(2)12(3)11-7-5-4-6-10(8)11;6*1-2/h1-7H3;6-7H,1-5H3;4-7H,1-3H3;6*1-2H3. The van der Waals surface area contributed by atoms with Crippen molar-refractivity contribution in [3.63, 3.8) is 0 Å². The van der Waals surface area contributed by atoms with Crippen molar-refractivity contribution < 1.29 is 0 Å². The molecule has 0 radical (unpaired) electrons. The van der Waals surface area contributed by atoms with Crippen molar-refractivity contribution in [3.05, 3.63) is 104 Å². The number of aromatic nitrogens is 3. The Hall–Kier alpha value is -3.72. The molecule has 3 aromatic heterocycles. The van der Waals surface area contributed by atoms with Crippen LogP contribution in [-0.4, -0.2) is 13.7 Å². The van der Waals surface area contributed by atoms with E-state index in [4.69, 9.17) is 0 Å². The van der Waals surface area contributed by atoms with E-state index in [0.29, 0.717) is 0 Å². The fourth-order valence-electron chi connectivity index (χ4n) is 6.72. The molecule has 3 heteroatoms. The maximum Gasteiger partial charge on any atom is 0.0517 e. The van der Waals surface area contributed by atoms with Crippen LogP contribution in [0.1, 0.15) is 150 Å². The average Bonchev–Trinajstić information content (AvgIpc) is 3.81. The van der Waals surface area contributed by atoms with Crippen LogP contribution in [0.25, 0.3) is 32.7 Å². The number of hydrogen-bond donors (Lipinski definition) is 0. The monoisotopic (exact) mass is 742 g/mol. The van der Waals surface area contributed by atoms with Crippen molar-refractivity contribution in [2.45, 2.75) is 166 Å². The number of hydrogen-bond acceptors (Lipinski definition) is 0. The molecule has 6 rings (SSSR count). The number of para-hydroxylation sites is 1. The van der Waals surface area contributed by atoms with Crippen molar-refractivity contribution >= 4 is 32.7 Å². The molecule has 0 spiro atoms. The number of rotatable bonds is 0. The second kappa shape index (κ2) is 27.0. The van der Waals surface area contributed by atoms with Crippen LogP contribution in [0.3, 0.4) is 0 Å². The van der Waals surface area contributed by atoms with E-state index in [0.717, 1.165) is 0 Å². The third kappa shape index (κ3) is 11.6. The molecule has 3 heterocycles. The molecule has 0 aliphatic carbocycles. The molecular formula is C51H87N3. The normalized spacial score (nSPS) is 9.39. The topological polar surface area (TPSA) is 14.8 Å². The number of benzene rings is 3. The van der Waals surface area contributed by atoms with E-state index in [-0.39, 0.29) is 0 Å². The Bertz CT molecular complexity index is 1880. The van der Waals surface area contributed by atoms with Crippen molar-refractivity contribution in [1.29, 1.82) is 0 Å². The minimum absolute atomic E-state index is 1.33. The summed E-state index contributed by atoms with van der Waals surface area (Å²) in [5.74, 6) is 0. The molecule has 0 atom stereocenters. The molecule has 0 aliphatic heterocycles. The van der Waals surface area contributed by atoms with Crippen LogP contribution in [0.15, 0.2) is 36.5 Å². The quantitative estimate of drug-likeness (QED) is 0.147. The summed E-state index contributed by atoms with van der Waals surface area (Å²) in [6, 6.07) is 10.7. The smallest absolute Gasteiger partial charge is 0.0517 e. The first-order chi connectivity index (χ1) is 25.6. The molecule has 6 aromatic rings. The van der Waals surface area contributed by atoms with Gasteiger partial charge in [-0.25, -0.2) is 0 Å². The van der Waals surface area contributed by atoms with Crippen LogP contribution in [0.2, 0.25) is 0 Å². The molecule has 54 heavy (non-hydrogen) atoms. The van der Waals surface area contributed by atoms with Crippen LogP contribution < -0.4 is 0 Å². The van der Waals surface area contributed by atoms with Crippen LogP contribution >= 0.6 is 0 Å². The summed E-state index contributed by atoms with van der Waals surface area (Å²) in [6.07, 6.45) is 2.14. The lowest BCUT2D eigenvalue weighted by molar-refractivity contribution is 0.905. The van der Waals surface area contributed by atoms with Gasteiger partial charge in [-0.05, 0) is 151 Å². The molecule has 3 nitrogen and oxygen atoms in total. The maximum absolute atomic E-state index is 2.33. The number of nitrogens with zero attached hydrogens (tertiary/aromatic N) is 3. The van der Waals surface area contributed by atoms with Crippen LogP contribution in [-0.2, 0) is 21.1 Å². The van der Waals surface area contributed by atoms with Crippen LogP contribution in [0.5, 0.6) is 0 Å². The molecule has 306 valence electrons. The lowest BCUT2D eigenvalue weighted by Crippen LogP contribution is -1.97. The summed E-state index contributed by atoms with van der Waals surface area (Å²) in [5.41, 5.74) is 21.1. The van der Waals surface area contributed by atoms with Gasteiger partial charge < -0.3 is 13.7 Å². The summed E-state index contributed by atoms with van der Waals surface area (Å²) in [7, 11) is 6.40. The first-order valence-corrected chi connectivity index (χ1v) is 21.2. The lowest BCUT2D eigenvalue weighted by Gasteiger charge is -2.12. The average molecular weight is 742 g/mol. The highest BCUT2D eigenvalue weighted by atomic mass is 15.0. The number of aryl methyl sites for hydroxylation is 9. The van der Waals surface area contributed by atoms with E-state index < -0.39 is 0 Å². The van der Waals surface area contributed by atoms with Crippen molar-refractivity contribution in [2.24, 2.45) is 21.1 Å². The van der Waals surface area contributed by atoms with Gasteiger partial charge in [-0.3, -0.25) is 0 Å². The third-order valence-corrected chi connectivity index (χ3v) is 10.6. The second-order valence-electron chi connectivity index (χ2n) is 12.5. The Kier molecular flexibility index (Phi) is 27.3. The van der Waals surface area contributed by atoms with E-state index in [2.05, 4.69) is 154 Å². The van der Waals surface area contributed by atoms with Crippen LogP contribution in [0.4, 0.5) is 0 Å². The summed E-state index contributed by atoms with van der Waals surface area (Å²) in [5, 5.41) is 4.23. The zero-order chi connectivity index (χ0) is 43.4. The first kappa shape index (κ1) is 54.6. The Labute approximate surface area is 336 Å². The fraction of sp³-hybridized carbons (Fsp3) is 0.529. The van der Waals surface area contributed by atoms with E-state index in [1.807, 2.05) is 83.1 Å². The summed E-state index contributed by atoms with van der Waals surface area (Å²) >= 11 is 0. The highest BCUT2D eigenvalue weighted by Gasteiger charge is 2.16. The Morgan fingerprint density at radius 1 is 0.333 bits per heavy atom. The van der Waals surface area contributed by atoms with Gasteiger partial charge in [-0.15, -0.1) is 0 Å². The molecule has 0 saturated heterocycles. The summed E-state index contributed by atoms with van der Waals surface area (Å²) in [6.45, 7) is 50.6. The molecule has 0 aliphatic rings. The predicted octanol–water partition coefficient (Wildman–Crippen LogP) is 16.4. The molecule has 3 aromatic carbocycles. The van der Waals surface area contributed by atoms with Gasteiger partial charge in [-0.2, -0.15) is 0 Å². The molecular weight excluding hydrogens is 655 g/mol. The predicted molar refractivity (Wildman–Crippen MR) is 254 cm³/mol. The van der Waals surface area contributed by atoms with Gasteiger partial charge in [-0.1, -0.05) is 101 Å². The second-order valence-corrected chi connectivity index (χ2v) is 12.5. The SMILES string of the molecule is CC.CC.CC.CC.CC.CC.Cc1c(C)c(C)c2c(c1C)c(C)c(C)n2C.Cc1c(C)c(C)c2c(ccn2C)c1C.Cc1c(C)n(C)c2ccccc12. The van der Waals surface area contributed by atoms with Crippen molar-refractivity contribution in [3.8, 4) is 0 Å². The Morgan fingerprint density at radius 2 is 0.722 bits per heavy atom. The minimum Gasteiger partial charge on any atom is -0.350 e. The lowest BCUT2D eigenvalue weighted by atomic mass is 9.94. The molecule has 0 saturated carbocycles. The highest BCUT2D eigenvalue weighted by molar-refractivity contribution is 5.93. The third-order valence-electron chi connectivity index (χ3n) is 10.6. The summed E-state index contributed by atoms with van der Waals surface area (Å²) in [4.78, 5) is 0. The van der Waals surface area contributed by atoms with Crippen molar-refractivity contribution in [2.75, 3.05) is 0 Å². The molecule has 0 fully saturated rings. The highest BCUT2D eigenvalue weighted by Crippen LogP contribution is 2.34. The Morgan fingerprint density at radius 3 is 1.19 bits per heavy atom. The zero-order valence-corrected chi connectivity index (χ0v) is 40.8. The van der Waals surface area contributed by atoms with Crippen molar-refractivity contribution in [1.82, 2.24) is 13.7 Å². The van der Waals surface area contributed by atoms with E-state index in [1.165, 1.54) is 99.7 Å². The molecule has 0 amide bonds. The van der Waals surface area contributed by atoms with E-state index in [1.54, 1.807) is 0 Å². The summed E-state index contributed by atoms with van der Waals surface area (Å²) < 4.78 is 6.79. The van der Waals surface area contributed by atoms with Gasteiger partial charge in [0.15, 0.2) is 0 Å². The number of fused-ring (bicyclic) bond motifs is 3. The van der Waals surface area contributed by atoms with Crippen LogP contribution in [0, 0.1) is 83.1 Å². The van der Waals surface area contributed by atoms with Gasteiger partial charge in [0.1, 0.15) is 0 Å². The zero-order valence-electron chi connectivity index (χ0n) is 40.8. The van der Waals surface area contributed by atoms with Gasteiger partial charge >= 0.3 is 0 Å². The first-order valence-electron chi connectivity index (χ1n) is 21.2. The van der Waals surface area contributed by atoms with E-state index >= 15 is 0 Å². The fourth-order valence-corrected chi connectivity index (χ4v) is 6.72. The molecule has 0 N–H and O–H groups in total. The van der Waals surface area contributed by atoms with E-state index in [9.17, 15) is 0 Å². The maximum atomic E-state index is 2.33. The van der Waals surface area contributed by atoms with Gasteiger partial charge in [0.2, 0.25) is 0 Å². The minimum atomic E-state index is 1.33. The van der Waals surface area contributed by atoms with Gasteiger partial charge in [0, 0.05) is 60.4 Å². The van der Waals surface area contributed by atoms with Gasteiger partial charge in [0.25, 0.3) is 0 Å². The van der Waals surface area contributed by atoms with Gasteiger partial charge in [0.05, 0.1) is 11.0 Å². The largest absolute Gasteiger partial charge is 0.350 e. The Balaban J connectivity index is -0.000000636. The molecule has 0 unspecified atom stereocenters.